The predicted octanol–water partition coefficient (Wildman–Crippen LogP) is 4.97. The van der Waals surface area contributed by atoms with Crippen LogP contribution >= 0.6 is 0 Å². The predicted molar refractivity (Wildman–Crippen MR) is 138 cm³/mol. The Hall–Kier alpha value is -0.170. The van der Waals surface area contributed by atoms with Crippen LogP contribution in [0.3, 0.4) is 0 Å². The van der Waals surface area contributed by atoms with Gasteiger partial charge in [-0.05, 0) is 118 Å². The quantitative estimate of drug-likeness (QED) is 0.501. The summed E-state index contributed by atoms with van der Waals surface area (Å²) in [5.74, 6) is 2.83. The minimum Gasteiger partial charge on any atom is -0.393 e. The number of hydrogen-bond acceptors (Lipinski definition) is 4. The molecule has 4 aliphatic carbocycles. The molecule has 6 heteroatoms. The van der Waals surface area contributed by atoms with Gasteiger partial charge in [0, 0.05) is 6.54 Å². The molecule has 0 aromatic carbocycles. The molecule has 0 bridgehead atoms. The Morgan fingerprint density at radius 2 is 1.59 bits per heavy atom. The number of nitrogens with one attached hydrogen (secondary N) is 1. The van der Waals surface area contributed by atoms with Crippen molar-refractivity contribution in [2.24, 2.45) is 52.3 Å². The van der Waals surface area contributed by atoms with Gasteiger partial charge in [0.2, 0.25) is 10.0 Å². The van der Waals surface area contributed by atoms with Crippen LogP contribution in [0.2, 0.25) is 0 Å². The first-order valence-electron chi connectivity index (χ1n) is 14.0. The molecule has 4 aliphatic rings. The molecule has 4 rings (SSSR count). The standard InChI is InChI=1S/C28H51NO4S/c1-8-19-23-15-18(30)11-13-28(23,7)22-12-14-27(6)20(9-10-21(27)24(22)25(19)31)17(2)16-29-34(32,33)26(3,4)5/h17-25,29-31H,8-16H2,1-7H3/t17-,18-,19-,20?,21?,22?,23?,24+,25-,27?,28-/m1/s1. The van der Waals surface area contributed by atoms with Crippen LogP contribution in [0, 0.1) is 52.3 Å². The van der Waals surface area contributed by atoms with E-state index >= 15 is 0 Å². The largest absolute Gasteiger partial charge is 0.393 e. The monoisotopic (exact) mass is 497 g/mol. The van der Waals surface area contributed by atoms with E-state index in [0.717, 1.165) is 44.9 Å². The van der Waals surface area contributed by atoms with Gasteiger partial charge in [-0.15, -0.1) is 0 Å². The molecule has 0 radical (unpaired) electrons. The molecule has 5 unspecified atom stereocenters. The van der Waals surface area contributed by atoms with E-state index in [0.29, 0.717) is 36.1 Å². The molecule has 0 spiro atoms. The fraction of sp³-hybridized carbons (Fsp3) is 1.00. The lowest BCUT2D eigenvalue weighted by atomic mass is 9.41. The van der Waals surface area contributed by atoms with E-state index in [-0.39, 0.29) is 34.9 Å². The molecule has 34 heavy (non-hydrogen) atoms. The van der Waals surface area contributed by atoms with Crippen molar-refractivity contribution in [3.05, 3.63) is 0 Å². The molecule has 3 N–H and O–H groups in total. The highest BCUT2D eigenvalue weighted by Crippen LogP contribution is 2.69. The number of aliphatic hydroxyl groups is 2. The molecular formula is C28H51NO4S. The zero-order valence-electron chi connectivity index (χ0n) is 22.7. The smallest absolute Gasteiger partial charge is 0.216 e. The summed E-state index contributed by atoms with van der Waals surface area (Å²) in [4.78, 5) is 0. The molecule has 0 aromatic rings. The third kappa shape index (κ3) is 4.11. The minimum absolute atomic E-state index is 0.157. The van der Waals surface area contributed by atoms with E-state index in [1.54, 1.807) is 20.8 Å². The van der Waals surface area contributed by atoms with Crippen molar-refractivity contribution in [1.82, 2.24) is 4.72 Å². The number of rotatable bonds is 5. The second kappa shape index (κ2) is 8.99. The van der Waals surface area contributed by atoms with Crippen LogP contribution < -0.4 is 4.72 Å². The summed E-state index contributed by atoms with van der Waals surface area (Å²) < 4.78 is 27.4. The molecule has 4 fully saturated rings. The zero-order valence-corrected chi connectivity index (χ0v) is 23.5. The molecule has 0 aliphatic heterocycles. The van der Waals surface area contributed by atoms with Gasteiger partial charge < -0.3 is 10.2 Å². The number of hydrogen-bond donors (Lipinski definition) is 3. The Morgan fingerprint density at radius 1 is 0.971 bits per heavy atom. The van der Waals surface area contributed by atoms with Crippen molar-refractivity contribution < 1.29 is 18.6 Å². The van der Waals surface area contributed by atoms with Gasteiger partial charge >= 0.3 is 0 Å². The summed E-state index contributed by atoms with van der Waals surface area (Å²) in [6, 6.07) is 0. The van der Waals surface area contributed by atoms with Gasteiger partial charge in [-0.2, -0.15) is 0 Å². The molecule has 0 saturated heterocycles. The lowest BCUT2D eigenvalue weighted by molar-refractivity contribution is -0.203. The van der Waals surface area contributed by atoms with Crippen LogP contribution in [0.1, 0.15) is 99.8 Å². The van der Waals surface area contributed by atoms with Crippen LogP contribution in [-0.2, 0) is 10.0 Å². The maximum Gasteiger partial charge on any atom is 0.216 e. The second-order valence-corrected chi connectivity index (χ2v) is 16.6. The summed E-state index contributed by atoms with van der Waals surface area (Å²) in [5, 5.41) is 22.3. The molecule has 11 atom stereocenters. The number of fused-ring (bicyclic) bond motifs is 5. The van der Waals surface area contributed by atoms with Crippen LogP contribution in [0.4, 0.5) is 0 Å². The number of aliphatic hydroxyl groups excluding tert-OH is 2. The first kappa shape index (κ1) is 26.9. The van der Waals surface area contributed by atoms with Crippen molar-refractivity contribution in [2.45, 2.75) is 117 Å². The molecule has 0 heterocycles. The van der Waals surface area contributed by atoms with Gasteiger partial charge in [0.15, 0.2) is 0 Å². The maximum atomic E-state index is 12.7. The van der Waals surface area contributed by atoms with Gasteiger partial charge in [0.1, 0.15) is 0 Å². The fourth-order valence-corrected chi connectivity index (χ4v) is 10.4. The molecule has 198 valence electrons. The van der Waals surface area contributed by atoms with E-state index in [4.69, 9.17) is 0 Å². The summed E-state index contributed by atoms with van der Waals surface area (Å²) in [6.07, 6.45) is 7.94. The lowest BCUT2D eigenvalue weighted by Gasteiger charge is -2.64. The normalized spacial score (nSPS) is 48.0. The first-order valence-corrected chi connectivity index (χ1v) is 15.5. The summed E-state index contributed by atoms with van der Waals surface area (Å²) in [6.45, 7) is 15.1. The SMILES string of the molecule is CC[C@@H]1C2C[C@H](O)CC[C@]2(C)C2CCC3(C)C(CCC3[C@H](C)CNS(=O)(=O)C(C)(C)C)[C@@H]2[C@@H]1O. The topological polar surface area (TPSA) is 86.6 Å². The van der Waals surface area contributed by atoms with Crippen LogP contribution in [-0.4, -0.2) is 42.1 Å². The highest BCUT2D eigenvalue weighted by atomic mass is 32.2. The van der Waals surface area contributed by atoms with E-state index in [9.17, 15) is 18.6 Å². The molecule has 4 saturated carbocycles. The van der Waals surface area contributed by atoms with E-state index in [1.807, 2.05) is 0 Å². The average molecular weight is 498 g/mol. The van der Waals surface area contributed by atoms with Crippen LogP contribution in [0.5, 0.6) is 0 Å². The van der Waals surface area contributed by atoms with Crippen molar-refractivity contribution in [3.63, 3.8) is 0 Å². The van der Waals surface area contributed by atoms with Crippen molar-refractivity contribution in [1.29, 1.82) is 0 Å². The lowest BCUT2D eigenvalue weighted by Crippen LogP contribution is -2.62. The Kier molecular flexibility index (Phi) is 7.11. The Balaban J connectivity index is 1.56. The van der Waals surface area contributed by atoms with Crippen molar-refractivity contribution in [3.8, 4) is 0 Å². The minimum atomic E-state index is -3.35. The van der Waals surface area contributed by atoms with Gasteiger partial charge in [-0.25, -0.2) is 13.1 Å². The van der Waals surface area contributed by atoms with Crippen molar-refractivity contribution >= 4 is 10.0 Å². The summed E-state index contributed by atoms with van der Waals surface area (Å²) in [7, 11) is -3.35. The van der Waals surface area contributed by atoms with Gasteiger partial charge in [-0.3, -0.25) is 0 Å². The van der Waals surface area contributed by atoms with Gasteiger partial charge in [-0.1, -0.05) is 34.1 Å². The third-order valence-electron chi connectivity index (χ3n) is 11.6. The van der Waals surface area contributed by atoms with Crippen LogP contribution in [0.25, 0.3) is 0 Å². The number of sulfonamides is 1. The van der Waals surface area contributed by atoms with Gasteiger partial charge in [0.25, 0.3) is 0 Å². The Bertz CT molecular complexity index is 853. The highest BCUT2D eigenvalue weighted by Gasteiger charge is 2.64. The molecule has 0 amide bonds. The van der Waals surface area contributed by atoms with Crippen molar-refractivity contribution in [2.75, 3.05) is 6.54 Å². The van der Waals surface area contributed by atoms with E-state index in [2.05, 4.69) is 32.4 Å². The highest BCUT2D eigenvalue weighted by molar-refractivity contribution is 7.90. The first-order chi connectivity index (χ1) is 15.7. The van der Waals surface area contributed by atoms with E-state index < -0.39 is 14.8 Å². The summed E-state index contributed by atoms with van der Waals surface area (Å²) >= 11 is 0. The fourth-order valence-electron chi connectivity index (χ4n) is 9.53. The Labute approximate surface area is 208 Å². The third-order valence-corrected chi connectivity index (χ3v) is 13.7. The maximum absolute atomic E-state index is 12.7. The van der Waals surface area contributed by atoms with Crippen LogP contribution in [0.15, 0.2) is 0 Å². The van der Waals surface area contributed by atoms with E-state index in [1.165, 1.54) is 6.42 Å². The molecule has 0 aromatic heterocycles. The summed E-state index contributed by atoms with van der Waals surface area (Å²) in [5.41, 5.74) is 0.377. The zero-order chi connectivity index (χ0) is 25.3. The molecule has 5 nitrogen and oxygen atoms in total. The average Bonchev–Trinajstić information content (AvgIpc) is 3.10. The van der Waals surface area contributed by atoms with Gasteiger partial charge in [0.05, 0.1) is 17.0 Å². The second-order valence-electron chi connectivity index (χ2n) is 14.1. The molecular weight excluding hydrogens is 446 g/mol. The Morgan fingerprint density at radius 3 is 2.21 bits per heavy atom.